The number of carbonyl (C=O) groups excluding carboxylic acids is 1. The first-order chi connectivity index (χ1) is 12.2. The summed E-state index contributed by atoms with van der Waals surface area (Å²) in [5.41, 5.74) is 2.15. The van der Waals surface area contributed by atoms with E-state index in [4.69, 9.17) is 4.74 Å². The Balaban J connectivity index is 1.72. The van der Waals surface area contributed by atoms with Crippen molar-refractivity contribution in [2.75, 3.05) is 6.61 Å². The maximum absolute atomic E-state index is 12.5. The summed E-state index contributed by atoms with van der Waals surface area (Å²) in [5, 5.41) is 7.04. The molecule has 128 valence electrons. The number of nitrogens with one attached hydrogen (secondary N) is 1. The van der Waals surface area contributed by atoms with Crippen LogP contribution in [-0.4, -0.2) is 32.3 Å². The maximum Gasteiger partial charge on any atom is 0.257 e. The first-order valence-corrected chi connectivity index (χ1v) is 8.01. The van der Waals surface area contributed by atoms with Crippen molar-refractivity contribution in [3.8, 4) is 11.7 Å². The van der Waals surface area contributed by atoms with Gasteiger partial charge >= 0.3 is 0 Å². The lowest BCUT2D eigenvalue weighted by Crippen LogP contribution is -2.24. The molecule has 0 aliphatic heterocycles. The van der Waals surface area contributed by atoms with Crippen LogP contribution in [-0.2, 0) is 6.54 Å². The van der Waals surface area contributed by atoms with Gasteiger partial charge in [0.2, 0.25) is 5.88 Å². The van der Waals surface area contributed by atoms with Gasteiger partial charge in [-0.15, -0.1) is 0 Å². The van der Waals surface area contributed by atoms with Crippen LogP contribution in [0.5, 0.6) is 5.88 Å². The molecule has 0 radical (unpaired) electrons. The van der Waals surface area contributed by atoms with Crippen LogP contribution in [0.25, 0.3) is 5.82 Å². The van der Waals surface area contributed by atoms with E-state index in [0.29, 0.717) is 30.4 Å². The minimum Gasteiger partial charge on any atom is -0.477 e. The van der Waals surface area contributed by atoms with Crippen LogP contribution in [0.4, 0.5) is 0 Å². The Bertz CT molecular complexity index is 862. The second kappa shape index (κ2) is 7.57. The summed E-state index contributed by atoms with van der Waals surface area (Å²) >= 11 is 0. The highest BCUT2D eigenvalue weighted by Gasteiger charge is 2.14. The fraction of sp³-hybridized carbons (Fsp3) is 0.222. The summed E-state index contributed by atoms with van der Waals surface area (Å²) < 4.78 is 7.13. The molecule has 0 bridgehead atoms. The summed E-state index contributed by atoms with van der Waals surface area (Å²) in [6.45, 7) is 4.54. The molecule has 0 saturated carbocycles. The zero-order chi connectivity index (χ0) is 17.6. The quantitative estimate of drug-likeness (QED) is 0.746. The lowest BCUT2D eigenvalue weighted by atomic mass is 10.2. The highest BCUT2D eigenvalue weighted by atomic mass is 16.5. The Hall–Kier alpha value is -3.22. The van der Waals surface area contributed by atoms with E-state index in [1.165, 1.54) is 0 Å². The Labute approximate surface area is 145 Å². The summed E-state index contributed by atoms with van der Waals surface area (Å²) in [6, 6.07) is 9.08. The van der Waals surface area contributed by atoms with Gasteiger partial charge in [-0.25, -0.2) is 14.6 Å². The molecule has 25 heavy (non-hydrogen) atoms. The average molecular weight is 337 g/mol. The van der Waals surface area contributed by atoms with Crippen molar-refractivity contribution in [3.05, 3.63) is 65.7 Å². The van der Waals surface area contributed by atoms with Gasteiger partial charge in [-0.3, -0.25) is 4.79 Å². The highest BCUT2D eigenvalue weighted by molar-refractivity contribution is 5.96. The molecule has 1 amide bonds. The maximum atomic E-state index is 12.5. The summed E-state index contributed by atoms with van der Waals surface area (Å²) in [4.78, 5) is 21.0. The van der Waals surface area contributed by atoms with E-state index in [9.17, 15) is 4.79 Å². The standard InChI is InChI=1S/C18H19N5O2/c1-3-25-18-15(6-5-13(2)22-18)17(24)20-12-14-7-9-19-16(11-14)23-10-4-8-21-23/h4-11H,3,12H2,1-2H3,(H,20,24). The first kappa shape index (κ1) is 16.6. The minimum atomic E-state index is -0.228. The van der Waals surface area contributed by atoms with Gasteiger partial charge in [0.05, 0.1) is 6.61 Å². The molecule has 1 N–H and O–H groups in total. The van der Waals surface area contributed by atoms with Gasteiger partial charge in [0.15, 0.2) is 5.82 Å². The van der Waals surface area contributed by atoms with Crippen LogP contribution in [0.15, 0.2) is 48.9 Å². The van der Waals surface area contributed by atoms with Gasteiger partial charge in [0.25, 0.3) is 5.91 Å². The number of pyridine rings is 2. The largest absolute Gasteiger partial charge is 0.477 e. The van der Waals surface area contributed by atoms with Gasteiger partial charge in [0.1, 0.15) is 5.56 Å². The van der Waals surface area contributed by atoms with E-state index in [2.05, 4.69) is 20.4 Å². The van der Waals surface area contributed by atoms with Crippen molar-refractivity contribution in [3.63, 3.8) is 0 Å². The van der Waals surface area contributed by atoms with E-state index >= 15 is 0 Å². The number of rotatable bonds is 6. The fourth-order valence-electron chi connectivity index (χ4n) is 2.33. The van der Waals surface area contributed by atoms with Crippen LogP contribution in [0.3, 0.4) is 0 Å². The molecular formula is C18H19N5O2. The van der Waals surface area contributed by atoms with Crippen LogP contribution < -0.4 is 10.1 Å². The lowest BCUT2D eigenvalue weighted by Gasteiger charge is -2.11. The number of carbonyl (C=O) groups is 1. The number of hydrogen-bond acceptors (Lipinski definition) is 5. The number of hydrogen-bond donors (Lipinski definition) is 1. The zero-order valence-corrected chi connectivity index (χ0v) is 14.1. The zero-order valence-electron chi connectivity index (χ0n) is 14.1. The van der Waals surface area contributed by atoms with Crippen molar-refractivity contribution in [1.29, 1.82) is 0 Å². The van der Waals surface area contributed by atoms with Crippen molar-refractivity contribution in [2.45, 2.75) is 20.4 Å². The van der Waals surface area contributed by atoms with E-state index < -0.39 is 0 Å². The number of amides is 1. The smallest absolute Gasteiger partial charge is 0.257 e. The summed E-state index contributed by atoms with van der Waals surface area (Å²) in [6.07, 6.45) is 5.20. The van der Waals surface area contributed by atoms with Crippen LogP contribution in [0.1, 0.15) is 28.5 Å². The molecule has 3 heterocycles. The van der Waals surface area contributed by atoms with Crippen LogP contribution in [0.2, 0.25) is 0 Å². The number of aromatic nitrogens is 4. The SMILES string of the molecule is CCOc1nc(C)ccc1C(=O)NCc1ccnc(-n2cccn2)c1. The van der Waals surface area contributed by atoms with Crippen molar-refractivity contribution >= 4 is 5.91 Å². The van der Waals surface area contributed by atoms with Gasteiger partial charge < -0.3 is 10.1 Å². The molecule has 0 spiro atoms. The average Bonchev–Trinajstić information content (AvgIpc) is 3.15. The monoisotopic (exact) mass is 337 g/mol. The highest BCUT2D eigenvalue weighted by Crippen LogP contribution is 2.16. The number of ether oxygens (including phenoxy) is 1. The van der Waals surface area contributed by atoms with Gasteiger partial charge in [-0.2, -0.15) is 5.10 Å². The molecule has 0 fully saturated rings. The number of aryl methyl sites for hydroxylation is 1. The third kappa shape index (κ3) is 4.00. The van der Waals surface area contributed by atoms with Crippen LogP contribution in [0, 0.1) is 6.92 Å². The summed E-state index contributed by atoms with van der Waals surface area (Å²) in [5.74, 6) is 0.823. The molecular weight excluding hydrogens is 318 g/mol. The molecule has 3 aromatic heterocycles. The molecule has 0 atom stereocenters. The van der Waals surface area contributed by atoms with Crippen molar-refractivity contribution in [1.82, 2.24) is 25.1 Å². The summed E-state index contributed by atoms with van der Waals surface area (Å²) in [7, 11) is 0. The van der Waals surface area contributed by atoms with Crippen molar-refractivity contribution in [2.24, 2.45) is 0 Å². The predicted molar refractivity (Wildman–Crippen MR) is 92.7 cm³/mol. The first-order valence-electron chi connectivity index (χ1n) is 8.01. The van der Waals surface area contributed by atoms with Gasteiger partial charge in [-0.05, 0) is 49.7 Å². The fourth-order valence-corrected chi connectivity index (χ4v) is 2.33. The molecule has 7 heteroatoms. The Morgan fingerprint density at radius 1 is 1.28 bits per heavy atom. The molecule has 7 nitrogen and oxygen atoms in total. The molecule has 0 aliphatic carbocycles. The Morgan fingerprint density at radius 2 is 2.16 bits per heavy atom. The van der Waals surface area contributed by atoms with E-state index in [-0.39, 0.29) is 5.91 Å². The third-order valence-corrected chi connectivity index (χ3v) is 3.53. The van der Waals surface area contributed by atoms with Gasteiger partial charge in [-0.1, -0.05) is 0 Å². The molecule has 0 aromatic carbocycles. The second-order valence-corrected chi connectivity index (χ2v) is 5.39. The van der Waals surface area contributed by atoms with Crippen molar-refractivity contribution < 1.29 is 9.53 Å². The molecule has 0 saturated heterocycles. The lowest BCUT2D eigenvalue weighted by molar-refractivity contribution is 0.0946. The molecule has 3 rings (SSSR count). The molecule has 3 aromatic rings. The third-order valence-electron chi connectivity index (χ3n) is 3.53. The molecule has 0 aliphatic rings. The topological polar surface area (TPSA) is 81.9 Å². The normalized spacial score (nSPS) is 10.5. The predicted octanol–water partition coefficient (Wildman–Crippen LogP) is 2.30. The van der Waals surface area contributed by atoms with E-state index in [1.54, 1.807) is 29.2 Å². The Morgan fingerprint density at radius 3 is 2.92 bits per heavy atom. The molecule has 0 unspecified atom stereocenters. The van der Waals surface area contributed by atoms with E-state index in [1.807, 2.05) is 38.2 Å². The van der Waals surface area contributed by atoms with E-state index in [0.717, 1.165) is 11.3 Å². The van der Waals surface area contributed by atoms with Gasteiger partial charge in [0, 0.05) is 30.8 Å². The van der Waals surface area contributed by atoms with Crippen LogP contribution >= 0.6 is 0 Å². The number of nitrogens with zero attached hydrogens (tertiary/aromatic N) is 4. The minimum absolute atomic E-state index is 0.228. The Kier molecular flexibility index (Phi) is 5.03. The second-order valence-electron chi connectivity index (χ2n) is 5.39.